The molecule has 3 aromatic rings. The van der Waals surface area contributed by atoms with Gasteiger partial charge in [-0.3, -0.25) is 4.79 Å². The number of imidazole rings is 1. The van der Waals surface area contributed by atoms with Gasteiger partial charge in [-0.25, -0.2) is 4.98 Å². The normalized spacial score (nSPS) is 14.1. The largest absolute Gasteiger partial charge is 0.481 e. The van der Waals surface area contributed by atoms with Crippen molar-refractivity contribution >= 4 is 5.91 Å². The second-order valence-electron chi connectivity index (χ2n) is 7.59. The average Bonchev–Trinajstić information content (AvgIpc) is 3.18. The summed E-state index contributed by atoms with van der Waals surface area (Å²) in [6.07, 6.45) is 7.73. The Kier molecular flexibility index (Phi) is 5.65. The number of benzene rings is 2. The van der Waals surface area contributed by atoms with Crippen LogP contribution in [0.1, 0.15) is 42.3 Å². The second-order valence-corrected chi connectivity index (χ2v) is 7.59. The van der Waals surface area contributed by atoms with Gasteiger partial charge < -0.3 is 14.6 Å². The third-order valence-corrected chi connectivity index (χ3v) is 5.53. The van der Waals surface area contributed by atoms with E-state index in [-0.39, 0.29) is 5.91 Å². The van der Waals surface area contributed by atoms with Crippen molar-refractivity contribution in [2.45, 2.75) is 52.2 Å². The smallest absolute Gasteiger partial charge is 0.261 e. The van der Waals surface area contributed by atoms with Crippen LogP contribution in [0.4, 0.5) is 0 Å². The SMILES string of the molecule is Cc1nccn1-c1ccc(CNC(=O)[C@H](C)Oc2cccc3c2CCCC3)cc1. The number of nitrogens with zero attached hydrogens (tertiary/aromatic N) is 2. The zero-order valence-electron chi connectivity index (χ0n) is 17.0. The van der Waals surface area contributed by atoms with Crippen molar-refractivity contribution in [1.82, 2.24) is 14.9 Å². The lowest BCUT2D eigenvalue weighted by Crippen LogP contribution is -2.36. The van der Waals surface area contributed by atoms with E-state index >= 15 is 0 Å². The molecule has 1 heterocycles. The van der Waals surface area contributed by atoms with Crippen LogP contribution < -0.4 is 10.1 Å². The summed E-state index contributed by atoms with van der Waals surface area (Å²) in [5.41, 5.74) is 4.73. The first kappa shape index (κ1) is 19.2. The van der Waals surface area contributed by atoms with Crippen LogP contribution >= 0.6 is 0 Å². The number of aryl methyl sites for hydroxylation is 2. The molecule has 0 saturated carbocycles. The Hall–Kier alpha value is -3.08. The van der Waals surface area contributed by atoms with Crippen LogP contribution in [0.3, 0.4) is 0 Å². The van der Waals surface area contributed by atoms with Gasteiger partial charge in [0.15, 0.2) is 6.10 Å². The van der Waals surface area contributed by atoms with Crippen molar-refractivity contribution in [2.24, 2.45) is 0 Å². The highest BCUT2D eigenvalue weighted by Gasteiger charge is 2.19. The van der Waals surface area contributed by atoms with Crippen molar-refractivity contribution in [3.05, 3.63) is 77.4 Å². The quantitative estimate of drug-likeness (QED) is 0.689. The summed E-state index contributed by atoms with van der Waals surface area (Å²) in [6, 6.07) is 14.3. The maximum atomic E-state index is 12.5. The minimum atomic E-state index is -0.531. The first-order valence-electron chi connectivity index (χ1n) is 10.3. The zero-order chi connectivity index (χ0) is 20.2. The van der Waals surface area contributed by atoms with Crippen LogP contribution in [0.2, 0.25) is 0 Å². The fourth-order valence-electron chi connectivity index (χ4n) is 3.86. The molecule has 1 atom stereocenters. The van der Waals surface area contributed by atoms with Gasteiger partial charge in [-0.2, -0.15) is 0 Å². The first-order chi connectivity index (χ1) is 14.1. The highest BCUT2D eigenvalue weighted by molar-refractivity contribution is 5.80. The van der Waals surface area contributed by atoms with E-state index in [1.807, 2.05) is 61.0 Å². The number of rotatable bonds is 6. The fraction of sp³-hybridized carbons (Fsp3) is 0.333. The Morgan fingerprint density at radius 3 is 2.72 bits per heavy atom. The number of carbonyl (C=O) groups excluding carboxylic acids is 1. The van der Waals surface area contributed by atoms with Crippen LogP contribution in [-0.4, -0.2) is 21.6 Å². The molecule has 1 amide bonds. The molecule has 4 rings (SSSR count). The second kappa shape index (κ2) is 8.52. The molecule has 1 N–H and O–H groups in total. The van der Waals surface area contributed by atoms with Gasteiger partial charge in [0.1, 0.15) is 11.6 Å². The number of carbonyl (C=O) groups is 1. The number of aromatic nitrogens is 2. The standard InChI is InChI=1S/C24H27N3O2/c1-17(29-23-9-5-7-20-6-3-4-8-22(20)23)24(28)26-16-19-10-12-21(13-11-19)27-15-14-25-18(27)2/h5,7,9-15,17H,3-4,6,8,16H2,1-2H3,(H,26,28)/t17-/m0/s1. The Balaban J connectivity index is 1.34. The van der Waals surface area contributed by atoms with E-state index in [0.717, 1.165) is 35.7 Å². The van der Waals surface area contributed by atoms with Crippen molar-refractivity contribution in [3.63, 3.8) is 0 Å². The molecular weight excluding hydrogens is 362 g/mol. The molecule has 1 aliphatic rings. The molecule has 0 saturated heterocycles. The van der Waals surface area contributed by atoms with Crippen LogP contribution in [0.25, 0.3) is 5.69 Å². The molecular formula is C24H27N3O2. The number of amides is 1. The van der Waals surface area contributed by atoms with Gasteiger partial charge in [0.05, 0.1) is 0 Å². The maximum absolute atomic E-state index is 12.5. The number of fused-ring (bicyclic) bond motifs is 1. The maximum Gasteiger partial charge on any atom is 0.261 e. The van der Waals surface area contributed by atoms with Crippen molar-refractivity contribution in [1.29, 1.82) is 0 Å². The lowest BCUT2D eigenvalue weighted by Gasteiger charge is -2.22. The highest BCUT2D eigenvalue weighted by Crippen LogP contribution is 2.30. The van der Waals surface area contributed by atoms with Gasteiger partial charge in [-0.1, -0.05) is 24.3 Å². The van der Waals surface area contributed by atoms with E-state index < -0.39 is 6.10 Å². The highest BCUT2D eigenvalue weighted by atomic mass is 16.5. The molecule has 0 spiro atoms. The molecule has 0 unspecified atom stereocenters. The van der Waals surface area contributed by atoms with Crippen LogP contribution in [0, 0.1) is 6.92 Å². The molecule has 29 heavy (non-hydrogen) atoms. The summed E-state index contributed by atoms with van der Waals surface area (Å²) in [7, 11) is 0. The summed E-state index contributed by atoms with van der Waals surface area (Å²) in [5.74, 6) is 1.69. The van der Waals surface area contributed by atoms with E-state index in [4.69, 9.17) is 4.74 Å². The van der Waals surface area contributed by atoms with Crippen molar-refractivity contribution in [3.8, 4) is 11.4 Å². The number of nitrogens with one attached hydrogen (secondary N) is 1. The minimum absolute atomic E-state index is 0.104. The summed E-state index contributed by atoms with van der Waals surface area (Å²) >= 11 is 0. The Labute approximate surface area is 171 Å². The fourth-order valence-corrected chi connectivity index (χ4v) is 3.86. The predicted octanol–water partition coefficient (Wildman–Crippen LogP) is 4.14. The minimum Gasteiger partial charge on any atom is -0.481 e. The first-order valence-corrected chi connectivity index (χ1v) is 10.3. The Morgan fingerprint density at radius 2 is 1.97 bits per heavy atom. The lowest BCUT2D eigenvalue weighted by atomic mass is 9.91. The number of ether oxygens (including phenoxy) is 1. The molecule has 0 aliphatic heterocycles. The third-order valence-electron chi connectivity index (χ3n) is 5.53. The monoisotopic (exact) mass is 389 g/mol. The molecule has 5 heteroatoms. The molecule has 0 bridgehead atoms. The molecule has 0 fully saturated rings. The molecule has 5 nitrogen and oxygen atoms in total. The van der Waals surface area contributed by atoms with E-state index in [9.17, 15) is 4.79 Å². The van der Waals surface area contributed by atoms with Gasteiger partial charge in [0.25, 0.3) is 5.91 Å². The summed E-state index contributed by atoms with van der Waals surface area (Å²) < 4.78 is 8.05. The molecule has 1 aliphatic carbocycles. The van der Waals surface area contributed by atoms with Gasteiger partial charge in [-0.15, -0.1) is 0 Å². The lowest BCUT2D eigenvalue weighted by molar-refractivity contribution is -0.127. The molecule has 0 radical (unpaired) electrons. The van der Waals surface area contributed by atoms with E-state index in [1.54, 1.807) is 6.20 Å². The van der Waals surface area contributed by atoms with Crippen molar-refractivity contribution in [2.75, 3.05) is 0 Å². The molecule has 1 aromatic heterocycles. The van der Waals surface area contributed by atoms with E-state index in [0.29, 0.717) is 6.54 Å². The van der Waals surface area contributed by atoms with Gasteiger partial charge in [0, 0.05) is 24.6 Å². The van der Waals surface area contributed by atoms with Crippen LogP contribution in [-0.2, 0) is 24.2 Å². The topological polar surface area (TPSA) is 56.2 Å². The Morgan fingerprint density at radius 1 is 1.17 bits per heavy atom. The van der Waals surface area contributed by atoms with Crippen molar-refractivity contribution < 1.29 is 9.53 Å². The van der Waals surface area contributed by atoms with Crippen LogP contribution in [0.15, 0.2) is 54.9 Å². The van der Waals surface area contributed by atoms with Gasteiger partial charge >= 0.3 is 0 Å². The Bertz CT molecular complexity index is 992. The number of hydrogen-bond acceptors (Lipinski definition) is 3. The molecule has 150 valence electrons. The van der Waals surface area contributed by atoms with E-state index in [1.165, 1.54) is 24.0 Å². The number of hydrogen-bond donors (Lipinski definition) is 1. The van der Waals surface area contributed by atoms with E-state index in [2.05, 4.69) is 16.4 Å². The third kappa shape index (κ3) is 4.34. The molecule has 2 aromatic carbocycles. The van der Waals surface area contributed by atoms with Gasteiger partial charge in [0.2, 0.25) is 0 Å². The summed E-state index contributed by atoms with van der Waals surface area (Å²) in [5, 5.41) is 2.98. The average molecular weight is 389 g/mol. The van der Waals surface area contributed by atoms with Gasteiger partial charge in [-0.05, 0) is 74.4 Å². The van der Waals surface area contributed by atoms with Crippen LogP contribution in [0.5, 0.6) is 5.75 Å². The summed E-state index contributed by atoms with van der Waals surface area (Å²) in [6.45, 7) is 4.25. The summed E-state index contributed by atoms with van der Waals surface area (Å²) in [4.78, 5) is 16.8. The predicted molar refractivity (Wildman–Crippen MR) is 113 cm³/mol. The zero-order valence-corrected chi connectivity index (χ0v) is 17.0.